The molecule has 2 atom stereocenters. The van der Waals surface area contributed by atoms with Crippen LogP contribution in [-0.4, -0.2) is 52.6 Å². The number of fused-ring (bicyclic) bond motifs is 1. The van der Waals surface area contributed by atoms with Crippen LogP contribution in [0.25, 0.3) is 0 Å². The van der Waals surface area contributed by atoms with Crippen LogP contribution in [0, 0.1) is 6.92 Å². The van der Waals surface area contributed by atoms with E-state index >= 15 is 0 Å². The normalized spacial score (nSPS) is 27.9. The molecule has 6 heteroatoms. The number of rotatable bonds is 2. The first-order valence-electron chi connectivity index (χ1n) is 6.12. The Balaban J connectivity index is 1.64. The second-order valence-corrected chi connectivity index (χ2v) is 4.81. The van der Waals surface area contributed by atoms with Gasteiger partial charge in [0.1, 0.15) is 12.4 Å². The van der Waals surface area contributed by atoms with Crippen molar-refractivity contribution in [1.82, 2.24) is 20.2 Å². The molecule has 0 aromatic carbocycles. The van der Waals surface area contributed by atoms with Gasteiger partial charge in [0.2, 0.25) is 5.91 Å². The van der Waals surface area contributed by atoms with Crippen LogP contribution in [0.2, 0.25) is 0 Å². The van der Waals surface area contributed by atoms with Gasteiger partial charge in [-0.05, 0) is 13.0 Å². The van der Waals surface area contributed by atoms with E-state index in [0.717, 1.165) is 31.2 Å². The summed E-state index contributed by atoms with van der Waals surface area (Å²) in [7, 11) is 0. The molecule has 1 N–H and O–H groups in total. The van der Waals surface area contributed by atoms with Gasteiger partial charge < -0.3 is 10.1 Å². The van der Waals surface area contributed by atoms with Crippen LogP contribution in [0.4, 0.5) is 0 Å². The van der Waals surface area contributed by atoms with E-state index in [1.807, 2.05) is 13.0 Å². The van der Waals surface area contributed by atoms with Crippen LogP contribution in [0.15, 0.2) is 12.3 Å². The fraction of sp³-hybridized carbons (Fsp3) is 0.583. The number of morpholine rings is 1. The highest BCUT2D eigenvalue weighted by Gasteiger charge is 2.37. The van der Waals surface area contributed by atoms with Gasteiger partial charge in [0, 0.05) is 25.8 Å². The molecular formula is C12H16N4O2. The first-order valence-corrected chi connectivity index (χ1v) is 6.12. The van der Waals surface area contributed by atoms with Crippen molar-refractivity contribution in [2.75, 3.05) is 19.7 Å². The van der Waals surface area contributed by atoms with E-state index in [1.54, 1.807) is 6.20 Å². The smallest absolute Gasteiger partial charge is 0.246 e. The third kappa shape index (κ3) is 2.34. The Morgan fingerprint density at radius 2 is 2.44 bits per heavy atom. The van der Waals surface area contributed by atoms with Gasteiger partial charge in [-0.15, -0.1) is 0 Å². The minimum atomic E-state index is -0.0176. The molecule has 18 heavy (non-hydrogen) atoms. The maximum atomic E-state index is 11.2. The Bertz CT molecular complexity index is 465. The third-order valence-electron chi connectivity index (χ3n) is 3.34. The number of hydrogen-bond acceptors (Lipinski definition) is 5. The summed E-state index contributed by atoms with van der Waals surface area (Å²) in [6.07, 6.45) is 1.89. The van der Waals surface area contributed by atoms with Crippen LogP contribution in [0.5, 0.6) is 0 Å². The minimum absolute atomic E-state index is 0.0176. The predicted octanol–water partition coefficient (Wildman–Crippen LogP) is -0.516. The number of nitrogens with zero attached hydrogens (tertiary/aromatic N) is 3. The van der Waals surface area contributed by atoms with Gasteiger partial charge in [-0.25, -0.2) is 9.97 Å². The topological polar surface area (TPSA) is 67.4 Å². The summed E-state index contributed by atoms with van der Waals surface area (Å²) in [6, 6.07) is 2.04. The van der Waals surface area contributed by atoms with Gasteiger partial charge in [-0.3, -0.25) is 9.69 Å². The number of ether oxygens (including phenoxy) is 1. The number of aromatic nitrogens is 2. The Kier molecular flexibility index (Phi) is 2.97. The van der Waals surface area contributed by atoms with Gasteiger partial charge in [0.25, 0.3) is 0 Å². The summed E-state index contributed by atoms with van der Waals surface area (Å²) >= 11 is 0. The molecule has 0 saturated carbocycles. The highest BCUT2D eigenvalue weighted by atomic mass is 16.5. The number of carbonyl (C=O) groups excluding carboxylic acids is 1. The Labute approximate surface area is 105 Å². The lowest BCUT2D eigenvalue weighted by molar-refractivity contribution is -0.134. The lowest BCUT2D eigenvalue weighted by Crippen LogP contribution is -2.50. The zero-order valence-electron chi connectivity index (χ0n) is 10.3. The molecule has 6 nitrogen and oxygen atoms in total. The van der Waals surface area contributed by atoms with E-state index in [1.165, 1.54) is 0 Å². The number of likely N-dealkylation sites (tertiary alicyclic amines) is 1. The van der Waals surface area contributed by atoms with Crippen LogP contribution in [-0.2, 0) is 16.1 Å². The molecule has 1 aromatic rings. The Morgan fingerprint density at radius 1 is 1.56 bits per heavy atom. The molecule has 1 aromatic heterocycles. The predicted molar refractivity (Wildman–Crippen MR) is 63.7 cm³/mol. The molecule has 96 valence electrons. The summed E-state index contributed by atoms with van der Waals surface area (Å²) < 4.78 is 5.52. The number of amides is 1. The Morgan fingerprint density at radius 3 is 3.28 bits per heavy atom. The SMILES string of the molecule is Cc1nccc(CN2C[C@@H]3NC(=O)CO[C@H]3C2)n1. The quantitative estimate of drug-likeness (QED) is 0.763. The second kappa shape index (κ2) is 4.62. The number of carbonyl (C=O) groups is 1. The van der Waals surface area contributed by atoms with Crippen molar-refractivity contribution in [2.45, 2.75) is 25.6 Å². The van der Waals surface area contributed by atoms with Crippen LogP contribution in [0.1, 0.15) is 11.5 Å². The van der Waals surface area contributed by atoms with E-state index in [-0.39, 0.29) is 24.7 Å². The molecule has 2 saturated heterocycles. The summed E-state index contributed by atoms with van der Waals surface area (Å²) in [4.78, 5) is 22.0. The van der Waals surface area contributed by atoms with Crippen molar-refractivity contribution < 1.29 is 9.53 Å². The van der Waals surface area contributed by atoms with Crippen molar-refractivity contribution in [3.63, 3.8) is 0 Å². The number of aryl methyl sites for hydroxylation is 1. The first kappa shape index (κ1) is 11.6. The second-order valence-electron chi connectivity index (χ2n) is 4.81. The van der Waals surface area contributed by atoms with Gasteiger partial charge in [0.05, 0.1) is 17.8 Å². The molecule has 1 amide bonds. The minimum Gasteiger partial charge on any atom is -0.365 e. The summed E-state index contributed by atoms with van der Waals surface area (Å²) in [5.74, 6) is 0.768. The maximum absolute atomic E-state index is 11.2. The van der Waals surface area contributed by atoms with Crippen molar-refractivity contribution in [1.29, 1.82) is 0 Å². The van der Waals surface area contributed by atoms with E-state index in [0.29, 0.717) is 0 Å². The molecule has 2 aliphatic heterocycles. The van der Waals surface area contributed by atoms with Crippen molar-refractivity contribution in [3.8, 4) is 0 Å². The monoisotopic (exact) mass is 248 g/mol. The third-order valence-corrected chi connectivity index (χ3v) is 3.34. The first-order chi connectivity index (χ1) is 8.70. The maximum Gasteiger partial charge on any atom is 0.246 e. The van der Waals surface area contributed by atoms with E-state index in [2.05, 4.69) is 20.2 Å². The zero-order valence-corrected chi connectivity index (χ0v) is 10.3. The Hall–Kier alpha value is -1.53. The molecule has 3 heterocycles. The molecule has 0 unspecified atom stereocenters. The lowest BCUT2D eigenvalue weighted by Gasteiger charge is -2.25. The van der Waals surface area contributed by atoms with Gasteiger partial charge >= 0.3 is 0 Å². The van der Waals surface area contributed by atoms with Crippen molar-refractivity contribution in [2.24, 2.45) is 0 Å². The largest absolute Gasteiger partial charge is 0.365 e. The molecule has 2 fully saturated rings. The van der Waals surface area contributed by atoms with Crippen molar-refractivity contribution >= 4 is 5.91 Å². The number of nitrogens with one attached hydrogen (secondary N) is 1. The van der Waals surface area contributed by atoms with Gasteiger partial charge in [-0.2, -0.15) is 0 Å². The average molecular weight is 248 g/mol. The average Bonchev–Trinajstić information content (AvgIpc) is 2.70. The van der Waals surface area contributed by atoms with Crippen LogP contribution in [0.3, 0.4) is 0 Å². The lowest BCUT2D eigenvalue weighted by atomic mass is 10.2. The molecule has 0 spiro atoms. The number of hydrogen-bond donors (Lipinski definition) is 1. The fourth-order valence-electron chi connectivity index (χ4n) is 2.54. The standard InChI is InChI=1S/C12H16N4O2/c1-8-13-3-2-9(14-8)4-16-5-10-11(6-16)18-7-12(17)15-10/h2-3,10-11H,4-7H2,1H3,(H,15,17)/t10-,11-/m0/s1. The van der Waals surface area contributed by atoms with E-state index in [9.17, 15) is 4.79 Å². The van der Waals surface area contributed by atoms with Gasteiger partial charge in [-0.1, -0.05) is 0 Å². The highest BCUT2D eigenvalue weighted by molar-refractivity contribution is 5.78. The van der Waals surface area contributed by atoms with Crippen molar-refractivity contribution in [3.05, 3.63) is 23.8 Å². The summed E-state index contributed by atoms with van der Waals surface area (Å²) in [5, 5.41) is 2.97. The zero-order chi connectivity index (χ0) is 12.5. The molecule has 3 rings (SSSR count). The van der Waals surface area contributed by atoms with Gasteiger partial charge in [0.15, 0.2) is 0 Å². The molecule has 2 aliphatic rings. The molecule has 0 radical (unpaired) electrons. The fourth-order valence-corrected chi connectivity index (χ4v) is 2.54. The molecule has 0 aliphatic carbocycles. The van der Waals surface area contributed by atoms with E-state index < -0.39 is 0 Å². The molecular weight excluding hydrogens is 232 g/mol. The highest BCUT2D eigenvalue weighted by Crippen LogP contribution is 2.18. The summed E-state index contributed by atoms with van der Waals surface area (Å²) in [6.45, 7) is 4.50. The van der Waals surface area contributed by atoms with Crippen LogP contribution >= 0.6 is 0 Å². The van der Waals surface area contributed by atoms with Crippen LogP contribution < -0.4 is 5.32 Å². The molecule has 0 bridgehead atoms. The summed E-state index contributed by atoms with van der Waals surface area (Å²) in [5.41, 5.74) is 1.01. The van der Waals surface area contributed by atoms with E-state index in [4.69, 9.17) is 4.74 Å².